The topological polar surface area (TPSA) is 110 Å². The first-order valence-corrected chi connectivity index (χ1v) is 6.25. The average Bonchev–Trinajstić information content (AvgIpc) is 3.18. The lowest BCUT2D eigenvalue weighted by Gasteiger charge is -2.13. The van der Waals surface area contributed by atoms with Crippen LogP contribution in [0.4, 0.5) is 5.69 Å². The standard InChI is InChI=1S/C12H11ClN2O5/c13-8-5-7(3-4-9(8)15(19)20)11(16)14-10(12(17)18)6-1-2-6/h3-6,10H,1-2H2,(H,14,16)(H,17,18). The van der Waals surface area contributed by atoms with E-state index >= 15 is 0 Å². The number of nitrogens with one attached hydrogen (secondary N) is 1. The van der Waals surface area contributed by atoms with Gasteiger partial charge in [0.15, 0.2) is 0 Å². The third-order valence-electron chi connectivity index (χ3n) is 3.05. The average molecular weight is 299 g/mol. The molecule has 1 fully saturated rings. The molecular weight excluding hydrogens is 288 g/mol. The van der Waals surface area contributed by atoms with Crippen molar-refractivity contribution in [3.8, 4) is 0 Å². The highest BCUT2D eigenvalue weighted by Gasteiger charge is 2.37. The molecule has 0 spiro atoms. The van der Waals surface area contributed by atoms with E-state index < -0.39 is 22.8 Å². The Kier molecular flexibility index (Phi) is 3.89. The number of nitro groups is 1. The first-order chi connectivity index (χ1) is 9.40. The van der Waals surface area contributed by atoms with Crippen molar-refractivity contribution in [1.82, 2.24) is 5.32 Å². The number of aliphatic carboxylic acids is 1. The van der Waals surface area contributed by atoms with Crippen LogP contribution >= 0.6 is 11.6 Å². The number of halogens is 1. The number of nitrogens with zero attached hydrogens (tertiary/aromatic N) is 1. The Morgan fingerprint density at radius 2 is 2.10 bits per heavy atom. The van der Waals surface area contributed by atoms with E-state index in [4.69, 9.17) is 16.7 Å². The number of rotatable bonds is 5. The van der Waals surface area contributed by atoms with Crippen LogP contribution in [0.3, 0.4) is 0 Å². The molecule has 1 saturated carbocycles. The predicted octanol–water partition coefficient (Wildman–Crippen LogP) is 1.84. The van der Waals surface area contributed by atoms with Crippen LogP contribution in [-0.4, -0.2) is 27.9 Å². The zero-order chi connectivity index (χ0) is 14.9. The molecule has 1 amide bonds. The van der Waals surface area contributed by atoms with Crippen molar-refractivity contribution in [2.24, 2.45) is 5.92 Å². The van der Waals surface area contributed by atoms with Crippen molar-refractivity contribution in [1.29, 1.82) is 0 Å². The summed E-state index contributed by atoms with van der Waals surface area (Å²) >= 11 is 5.70. The molecule has 0 heterocycles. The van der Waals surface area contributed by atoms with Crippen molar-refractivity contribution < 1.29 is 19.6 Å². The number of carboxylic acids is 1. The summed E-state index contributed by atoms with van der Waals surface area (Å²) in [5, 5.41) is 21.9. The summed E-state index contributed by atoms with van der Waals surface area (Å²) in [6.45, 7) is 0. The van der Waals surface area contributed by atoms with Crippen LogP contribution in [0.5, 0.6) is 0 Å². The predicted molar refractivity (Wildman–Crippen MR) is 69.7 cm³/mol. The minimum absolute atomic E-state index is 0.0510. The van der Waals surface area contributed by atoms with Crippen LogP contribution in [0.1, 0.15) is 23.2 Å². The van der Waals surface area contributed by atoms with E-state index in [0.29, 0.717) is 0 Å². The van der Waals surface area contributed by atoms with Crippen molar-refractivity contribution >= 4 is 29.2 Å². The van der Waals surface area contributed by atoms with Crippen molar-refractivity contribution in [3.63, 3.8) is 0 Å². The van der Waals surface area contributed by atoms with Gasteiger partial charge in [-0.15, -0.1) is 0 Å². The second-order valence-corrected chi connectivity index (χ2v) is 4.96. The minimum atomic E-state index is -1.09. The van der Waals surface area contributed by atoms with Gasteiger partial charge in [-0.2, -0.15) is 0 Å². The van der Waals surface area contributed by atoms with Crippen molar-refractivity contribution in [3.05, 3.63) is 38.9 Å². The molecule has 8 heteroatoms. The number of carbonyl (C=O) groups excluding carboxylic acids is 1. The van der Waals surface area contributed by atoms with E-state index in [9.17, 15) is 19.7 Å². The number of carbonyl (C=O) groups is 2. The molecule has 0 aromatic heterocycles. The van der Waals surface area contributed by atoms with Crippen LogP contribution < -0.4 is 5.32 Å². The summed E-state index contributed by atoms with van der Waals surface area (Å²) in [6, 6.07) is 2.58. The van der Waals surface area contributed by atoms with Crippen LogP contribution in [0.15, 0.2) is 18.2 Å². The smallest absolute Gasteiger partial charge is 0.326 e. The quantitative estimate of drug-likeness (QED) is 0.636. The summed E-state index contributed by atoms with van der Waals surface area (Å²) in [5.41, 5.74) is -0.215. The number of benzene rings is 1. The highest BCUT2D eigenvalue weighted by atomic mass is 35.5. The first kappa shape index (κ1) is 14.3. The Morgan fingerprint density at radius 3 is 2.55 bits per heavy atom. The highest BCUT2D eigenvalue weighted by Crippen LogP contribution is 2.33. The molecule has 0 aliphatic heterocycles. The zero-order valence-electron chi connectivity index (χ0n) is 10.2. The van der Waals surface area contributed by atoms with Gasteiger partial charge in [0.1, 0.15) is 11.1 Å². The molecule has 0 radical (unpaired) electrons. The van der Waals surface area contributed by atoms with Crippen LogP contribution in [0.25, 0.3) is 0 Å². The largest absolute Gasteiger partial charge is 0.480 e. The van der Waals surface area contributed by atoms with E-state index in [0.717, 1.165) is 25.0 Å². The normalized spacial score (nSPS) is 15.4. The second kappa shape index (κ2) is 5.46. The molecule has 0 bridgehead atoms. The second-order valence-electron chi connectivity index (χ2n) is 4.55. The lowest BCUT2D eigenvalue weighted by molar-refractivity contribution is -0.384. The SMILES string of the molecule is O=C(NC(C(=O)O)C1CC1)c1ccc([N+](=O)[O-])c(Cl)c1. The minimum Gasteiger partial charge on any atom is -0.480 e. The van der Waals surface area contributed by atoms with Gasteiger partial charge in [0, 0.05) is 11.6 Å². The maximum atomic E-state index is 11.9. The number of carboxylic acid groups (broad SMARTS) is 1. The first-order valence-electron chi connectivity index (χ1n) is 5.87. The fourth-order valence-electron chi connectivity index (χ4n) is 1.83. The monoisotopic (exact) mass is 298 g/mol. The molecule has 106 valence electrons. The Morgan fingerprint density at radius 1 is 1.45 bits per heavy atom. The molecule has 7 nitrogen and oxygen atoms in total. The molecule has 0 saturated heterocycles. The molecule has 1 atom stereocenters. The number of hydrogen-bond acceptors (Lipinski definition) is 4. The lowest BCUT2D eigenvalue weighted by atomic mass is 10.1. The summed E-state index contributed by atoms with van der Waals surface area (Å²) in [6.07, 6.45) is 1.52. The Hall–Kier alpha value is -2.15. The summed E-state index contributed by atoms with van der Waals surface area (Å²) in [7, 11) is 0. The van der Waals surface area contributed by atoms with Crippen molar-refractivity contribution in [2.45, 2.75) is 18.9 Å². The Bertz CT molecular complexity index is 585. The number of hydrogen-bond donors (Lipinski definition) is 2. The maximum absolute atomic E-state index is 11.9. The highest BCUT2D eigenvalue weighted by molar-refractivity contribution is 6.33. The van der Waals surface area contributed by atoms with E-state index in [1.54, 1.807) is 0 Å². The number of nitro benzene ring substituents is 1. The molecule has 1 aliphatic carbocycles. The summed E-state index contributed by atoms with van der Waals surface area (Å²) in [4.78, 5) is 32.9. The summed E-state index contributed by atoms with van der Waals surface area (Å²) in [5.74, 6) is -1.75. The van der Waals surface area contributed by atoms with Gasteiger partial charge in [0.25, 0.3) is 11.6 Å². The van der Waals surface area contributed by atoms with Gasteiger partial charge < -0.3 is 10.4 Å². The molecule has 20 heavy (non-hydrogen) atoms. The number of amides is 1. The van der Waals surface area contributed by atoms with Gasteiger partial charge in [-0.25, -0.2) is 4.79 Å². The van der Waals surface area contributed by atoms with Gasteiger partial charge in [-0.05, 0) is 30.9 Å². The fraction of sp³-hybridized carbons (Fsp3) is 0.333. The molecule has 1 unspecified atom stereocenters. The fourth-order valence-corrected chi connectivity index (χ4v) is 2.08. The van der Waals surface area contributed by atoms with Gasteiger partial charge in [-0.3, -0.25) is 14.9 Å². The maximum Gasteiger partial charge on any atom is 0.326 e. The van der Waals surface area contributed by atoms with Crippen molar-refractivity contribution in [2.75, 3.05) is 0 Å². The molecule has 1 aromatic carbocycles. The third-order valence-corrected chi connectivity index (χ3v) is 3.36. The summed E-state index contributed by atoms with van der Waals surface area (Å²) < 4.78 is 0. The van der Waals surface area contributed by atoms with Gasteiger partial charge in [0.2, 0.25) is 0 Å². The molecular formula is C12H11ClN2O5. The van der Waals surface area contributed by atoms with E-state index in [2.05, 4.69) is 5.32 Å². The Labute approximate surface area is 118 Å². The Balaban J connectivity index is 2.14. The van der Waals surface area contributed by atoms with Gasteiger partial charge >= 0.3 is 5.97 Å². The van der Waals surface area contributed by atoms with E-state index in [1.807, 2.05) is 0 Å². The molecule has 1 aliphatic rings. The van der Waals surface area contributed by atoms with E-state index in [-0.39, 0.29) is 22.2 Å². The van der Waals surface area contributed by atoms with Gasteiger partial charge in [0.05, 0.1) is 4.92 Å². The molecule has 1 aromatic rings. The van der Waals surface area contributed by atoms with Crippen LogP contribution in [0, 0.1) is 16.0 Å². The van der Waals surface area contributed by atoms with Gasteiger partial charge in [-0.1, -0.05) is 11.6 Å². The lowest BCUT2D eigenvalue weighted by Crippen LogP contribution is -2.42. The zero-order valence-corrected chi connectivity index (χ0v) is 11.0. The molecule has 2 rings (SSSR count). The molecule has 2 N–H and O–H groups in total. The van der Waals surface area contributed by atoms with Crippen LogP contribution in [0.2, 0.25) is 5.02 Å². The van der Waals surface area contributed by atoms with E-state index in [1.165, 1.54) is 6.07 Å². The third kappa shape index (κ3) is 3.05. The van der Waals surface area contributed by atoms with Crippen LogP contribution in [-0.2, 0) is 4.79 Å².